The Hall–Kier alpha value is -6.57. The first-order valence-corrected chi connectivity index (χ1v) is 12.5. The highest BCUT2D eigenvalue weighted by Gasteiger charge is 2.15. The number of hydrogen-bond donors (Lipinski definition) is 3. The van der Waals surface area contributed by atoms with E-state index < -0.39 is 20.6 Å². The maximum Gasteiger partial charge on any atom is 0.269 e. The van der Waals surface area contributed by atoms with Crippen LogP contribution in [0.1, 0.15) is 0 Å². The van der Waals surface area contributed by atoms with Gasteiger partial charge < -0.3 is 20.8 Å². The molecule has 0 saturated carbocycles. The molecule has 0 aliphatic carbocycles. The number of benzene rings is 5. The summed E-state index contributed by atoms with van der Waals surface area (Å²) in [4.78, 5) is 31.9. The van der Waals surface area contributed by atoms with E-state index in [1.807, 2.05) is 0 Å². The van der Waals surface area contributed by atoms with Crippen molar-refractivity contribution >= 4 is 39.8 Å². The maximum atomic E-state index is 12.1. The number of nitrogen functional groups attached to an aromatic ring is 1. The highest BCUT2D eigenvalue weighted by Crippen LogP contribution is 2.36. The van der Waals surface area contributed by atoms with E-state index in [2.05, 4.69) is 0 Å². The number of aromatic hydroxyl groups is 2. The highest BCUT2D eigenvalue weighted by molar-refractivity contribution is 5.77. The third-order valence-corrected chi connectivity index (χ3v) is 5.68. The third-order valence-electron chi connectivity index (χ3n) is 5.68. The van der Waals surface area contributed by atoms with Crippen LogP contribution < -0.4 is 10.6 Å². The van der Waals surface area contributed by atoms with Gasteiger partial charge in [-0.1, -0.05) is 0 Å². The zero-order valence-electron chi connectivity index (χ0n) is 22.6. The highest BCUT2D eigenvalue weighted by atomic mass is 19.1. The fourth-order valence-corrected chi connectivity index (χ4v) is 3.53. The monoisotopic (exact) mass is 601 g/mol. The predicted molar refractivity (Wildman–Crippen MR) is 162 cm³/mol. The lowest BCUT2D eigenvalue weighted by atomic mass is 10.1. The third kappa shape index (κ3) is 9.24. The van der Waals surface area contributed by atoms with Gasteiger partial charge in [0.15, 0.2) is 0 Å². The Bertz CT molecular complexity index is 1620. The topological polar surface area (TPSA) is 199 Å². The van der Waals surface area contributed by atoms with E-state index in [0.717, 1.165) is 24.3 Å². The number of phenolic OH excluding ortho intramolecular Hbond substituents is 2. The molecule has 224 valence electrons. The molecule has 0 atom stereocenters. The first kappa shape index (κ1) is 32.0. The smallest absolute Gasteiger partial charge is 0.269 e. The maximum absolute atomic E-state index is 12.1. The molecular formula is C30H24FN5O8. The molecule has 0 saturated heterocycles. The summed E-state index contributed by atoms with van der Waals surface area (Å²) in [6.45, 7) is 0. The van der Waals surface area contributed by atoms with Crippen LogP contribution in [0.25, 0.3) is 0 Å². The van der Waals surface area contributed by atoms with Crippen molar-refractivity contribution in [1.82, 2.24) is 0 Å². The van der Waals surface area contributed by atoms with Crippen LogP contribution in [-0.4, -0.2) is 25.0 Å². The van der Waals surface area contributed by atoms with E-state index in [-0.39, 0.29) is 28.6 Å². The summed E-state index contributed by atoms with van der Waals surface area (Å²) in [6.07, 6.45) is 0. The van der Waals surface area contributed by atoms with E-state index in [1.54, 1.807) is 65.6 Å². The van der Waals surface area contributed by atoms with E-state index in [9.17, 15) is 39.8 Å². The van der Waals surface area contributed by atoms with E-state index in [1.165, 1.54) is 36.4 Å². The molecule has 0 fully saturated rings. The Morgan fingerprint density at radius 3 is 1.07 bits per heavy atom. The lowest BCUT2D eigenvalue weighted by molar-refractivity contribution is -0.385. The summed E-state index contributed by atoms with van der Waals surface area (Å²) in [5.74, 6) is -0.120. The van der Waals surface area contributed by atoms with Gasteiger partial charge >= 0.3 is 0 Å². The van der Waals surface area contributed by atoms with Crippen LogP contribution in [0.4, 0.5) is 44.2 Å². The number of nitro groups is 3. The Kier molecular flexibility index (Phi) is 10.8. The number of rotatable bonds is 6. The minimum atomic E-state index is -0.570. The van der Waals surface area contributed by atoms with Crippen molar-refractivity contribution in [3.8, 4) is 11.5 Å². The van der Waals surface area contributed by atoms with E-state index >= 15 is 0 Å². The standard InChI is InChI=1S/C18H13N3O5.C6H4FNO2.C6H7NO/c22-18-11-9-15(10-12-18)19(13-1-5-16(6-2-13)20(23)24)14-3-7-17(8-4-14)21(25)26;7-5-1-3-6(4-2-5)8(9)10;7-5-1-3-6(8)4-2-5/h1-12,22H;1-4H;1-4,8H,7H2. The number of nitrogens with zero attached hydrogens (tertiary/aromatic N) is 4. The van der Waals surface area contributed by atoms with Gasteiger partial charge in [0.1, 0.15) is 17.3 Å². The molecule has 5 aromatic rings. The second-order valence-electron chi connectivity index (χ2n) is 8.72. The van der Waals surface area contributed by atoms with Crippen LogP contribution in [0, 0.1) is 36.2 Å². The van der Waals surface area contributed by atoms with Crippen molar-refractivity contribution in [1.29, 1.82) is 0 Å². The molecule has 0 radical (unpaired) electrons. The molecule has 0 amide bonds. The van der Waals surface area contributed by atoms with Crippen molar-refractivity contribution in [2.45, 2.75) is 0 Å². The second kappa shape index (κ2) is 14.9. The van der Waals surface area contributed by atoms with Gasteiger partial charge in [-0.2, -0.15) is 0 Å². The lowest BCUT2D eigenvalue weighted by Crippen LogP contribution is -2.09. The fraction of sp³-hybridized carbons (Fsp3) is 0. The molecule has 0 unspecified atom stereocenters. The van der Waals surface area contributed by atoms with Gasteiger partial charge in [-0.25, -0.2) is 4.39 Å². The summed E-state index contributed by atoms with van der Waals surface area (Å²) in [7, 11) is 0. The zero-order chi connectivity index (χ0) is 32.2. The van der Waals surface area contributed by atoms with Crippen molar-refractivity contribution in [2.75, 3.05) is 10.6 Å². The normalized spacial score (nSPS) is 9.84. The molecule has 13 nitrogen and oxygen atoms in total. The Balaban J connectivity index is 0.000000238. The number of nitro benzene ring substituents is 3. The van der Waals surface area contributed by atoms with Crippen molar-refractivity contribution < 1.29 is 29.4 Å². The average molecular weight is 602 g/mol. The Labute approximate surface area is 248 Å². The quantitative estimate of drug-likeness (QED) is 0.0763. The molecule has 5 aromatic carbocycles. The van der Waals surface area contributed by atoms with Crippen molar-refractivity contribution in [3.05, 3.63) is 157 Å². The Morgan fingerprint density at radius 2 is 0.773 bits per heavy atom. The van der Waals surface area contributed by atoms with Crippen molar-refractivity contribution in [3.63, 3.8) is 0 Å². The van der Waals surface area contributed by atoms with Gasteiger partial charge in [0, 0.05) is 59.1 Å². The van der Waals surface area contributed by atoms with Crippen LogP contribution in [0.2, 0.25) is 0 Å². The summed E-state index contributed by atoms with van der Waals surface area (Å²) in [6, 6.07) is 29.0. The molecule has 4 N–H and O–H groups in total. The van der Waals surface area contributed by atoms with Gasteiger partial charge in [-0.05, 0) is 84.9 Å². The molecule has 14 heteroatoms. The SMILES string of the molecule is Nc1ccc(O)cc1.O=[N+]([O-])c1ccc(F)cc1.O=[N+]([O-])c1ccc(N(c2ccc(O)cc2)c2ccc([N+](=O)[O-])cc2)cc1. The van der Waals surface area contributed by atoms with E-state index in [0.29, 0.717) is 22.7 Å². The molecule has 0 aromatic heterocycles. The Morgan fingerprint density at radius 1 is 0.500 bits per heavy atom. The summed E-state index contributed by atoms with van der Waals surface area (Å²) < 4.78 is 12.1. The summed E-state index contributed by atoms with van der Waals surface area (Å²) >= 11 is 0. The number of phenols is 2. The van der Waals surface area contributed by atoms with Crippen LogP contribution >= 0.6 is 0 Å². The number of nitrogens with two attached hydrogens (primary N) is 1. The zero-order valence-corrected chi connectivity index (χ0v) is 22.6. The molecule has 5 rings (SSSR count). The van der Waals surface area contributed by atoms with Gasteiger partial charge in [-0.15, -0.1) is 0 Å². The van der Waals surface area contributed by atoms with Gasteiger partial charge in [0.05, 0.1) is 14.8 Å². The van der Waals surface area contributed by atoms with Gasteiger partial charge in [-0.3, -0.25) is 30.3 Å². The number of non-ortho nitro benzene ring substituents is 3. The molecule has 0 heterocycles. The molecule has 0 aliphatic rings. The first-order valence-electron chi connectivity index (χ1n) is 12.5. The first-order chi connectivity index (χ1) is 20.9. The number of hydrogen-bond acceptors (Lipinski definition) is 10. The van der Waals surface area contributed by atoms with Crippen LogP contribution in [0.15, 0.2) is 121 Å². The van der Waals surface area contributed by atoms with Gasteiger partial charge in [0.2, 0.25) is 0 Å². The summed E-state index contributed by atoms with van der Waals surface area (Å²) in [5, 5.41) is 49.9. The molecular weight excluding hydrogens is 577 g/mol. The molecule has 0 spiro atoms. The van der Waals surface area contributed by atoms with Crippen molar-refractivity contribution in [2.24, 2.45) is 0 Å². The average Bonchev–Trinajstić information content (AvgIpc) is 3.01. The second-order valence-corrected chi connectivity index (χ2v) is 8.72. The predicted octanol–water partition coefficient (Wildman–Crippen LogP) is 7.39. The molecule has 0 bridgehead atoms. The minimum Gasteiger partial charge on any atom is -0.508 e. The van der Waals surface area contributed by atoms with Crippen LogP contribution in [0.5, 0.6) is 11.5 Å². The largest absolute Gasteiger partial charge is 0.508 e. The van der Waals surface area contributed by atoms with Gasteiger partial charge in [0.25, 0.3) is 17.1 Å². The fourth-order valence-electron chi connectivity index (χ4n) is 3.53. The molecule has 0 aliphatic heterocycles. The van der Waals surface area contributed by atoms with E-state index in [4.69, 9.17) is 10.8 Å². The number of anilines is 4. The number of halogens is 1. The summed E-state index contributed by atoms with van der Waals surface area (Å²) in [5.41, 5.74) is 7.77. The van der Waals surface area contributed by atoms with Crippen LogP contribution in [0.3, 0.4) is 0 Å². The minimum absolute atomic E-state index is 0.0388. The lowest BCUT2D eigenvalue weighted by Gasteiger charge is -2.25. The van der Waals surface area contributed by atoms with Crippen LogP contribution in [-0.2, 0) is 0 Å². The molecule has 44 heavy (non-hydrogen) atoms.